The highest BCUT2D eigenvalue weighted by Gasteiger charge is 2.11. The number of phenolic OH excluding ortho intramolecular Hbond substituents is 1. The minimum Gasteiger partial charge on any atom is -0.508 e. The van der Waals surface area contributed by atoms with E-state index in [9.17, 15) is 9.90 Å². The van der Waals surface area contributed by atoms with Crippen molar-refractivity contribution in [1.29, 1.82) is 0 Å². The number of amides is 1. The van der Waals surface area contributed by atoms with Gasteiger partial charge in [-0.15, -0.1) is 11.3 Å². The van der Waals surface area contributed by atoms with Gasteiger partial charge in [-0.3, -0.25) is 4.79 Å². The number of carbonyl (C=O) groups is 1. The average molecular weight is 277 g/mol. The third kappa shape index (κ3) is 3.23. The molecule has 0 saturated heterocycles. The zero-order valence-electron chi connectivity index (χ0n) is 10.5. The normalized spacial score (nSPS) is 10.4. The number of aromatic nitrogens is 1. The minimum atomic E-state index is -0.318. The summed E-state index contributed by atoms with van der Waals surface area (Å²) in [4.78, 5) is 16.3. The first-order chi connectivity index (χ1) is 9.10. The molecule has 4 N–H and O–H groups in total. The second-order valence-electron chi connectivity index (χ2n) is 4.04. The molecule has 1 heterocycles. The number of nitrogens with zero attached hydrogens (tertiary/aromatic N) is 1. The molecule has 0 atom stereocenters. The first-order valence-corrected chi connectivity index (χ1v) is 6.78. The molecule has 0 aliphatic heterocycles. The van der Waals surface area contributed by atoms with Gasteiger partial charge in [0.2, 0.25) is 0 Å². The molecule has 2 aromatic rings. The maximum atomic E-state index is 11.9. The molecule has 0 fully saturated rings. The zero-order chi connectivity index (χ0) is 13.8. The van der Waals surface area contributed by atoms with Gasteiger partial charge in [0.1, 0.15) is 10.8 Å². The van der Waals surface area contributed by atoms with Crippen LogP contribution in [-0.4, -0.2) is 16.0 Å². The molecule has 0 bridgehead atoms. The predicted octanol–water partition coefficient (Wildman–Crippen LogP) is 1.92. The molecule has 2 rings (SSSR count). The number of phenols is 1. The van der Waals surface area contributed by atoms with Crippen molar-refractivity contribution in [3.63, 3.8) is 0 Å². The fraction of sp³-hybridized carbons (Fsp3) is 0.231. The Morgan fingerprint density at radius 1 is 1.53 bits per heavy atom. The Hall–Kier alpha value is -2.08. The zero-order valence-corrected chi connectivity index (χ0v) is 11.3. The third-order valence-corrected chi connectivity index (χ3v) is 3.54. The fourth-order valence-electron chi connectivity index (χ4n) is 1.58. The molecule has 0 unspecified atom stereocenters. The lowest BCUT2D eigenvalue weighted by Gasteiger charge is -2.06. The number of nitrogens with two attached hydrogens (primary N) is 1. The summed E-state index contributed by atoms with van der Waals surface area (Å²) in [5.74, 6) is -0.302. The van der Waals surface area contributed by atoms with Gasteiger partial charge in [0, 0.05) is 11.1 Å². The third-order valence-electron chi connectivity index (χ3n) is 2.64. The van der Waals surface area contributed by atoms with E-state index in [4.69, 9.17) is 5.73 Å². The van der Waals surface area contributed by atoms with Crippen LogP contribution in [0.5, 0.6) is 5.75 Å². The average Bonchev–Trinajstić information content (AvgIpc) is 2.87. The first-order valence-electron chi connectivity index (χ1n) is 5.90. The van der Waals surface area contributed by atoms with Crippen molar-refractivity contribution in [3.05, 3.63) is 39.8 Å². The number of thiazole rings is 1. The summed E-state index contributed by atoms with van der Waals surface area (Å²) in [7, 11) is 0. The van der Waals surface area contributed by atoms with E-state index in [1.54, 1.807) is 0 Å². The summed E-state index contributed by atoms with van der Waals surface area (Å²) >= 11 is 1.51. The van der Waals surface area contributed by atoms with Crippen LogP contribution in [0.1, 0.15) is 28.0 Å². The molecule has 0 aliphatic carbocycles. The maximum absolute atomic E-state index is 11.9. The molecular formula is C13H15N3O2S. The number of nitrogens with one attached hydrogen (secondary N) is 1. The van der Waals surface area contributed by atoms with Crippen LogP contribution in [0.2, 0.25) is 0 Å². The highest BCUT2D eigenvalue weighted by molar-refractivity contribution is 7.09. The highest BCUT2D eigenvalue weighted by Crippen LogP contribution is 2.18. The monoisotopic (exact) mass is 277 g/mol. The Morgan fingerprint density at radius 2 is 2.32 bits per heavy atom. The van der Waals surface area contributed by atoms with Gasteiger partial charge >= 0.3 is 0 Å². The first kappa shape index (κ1) is 13.4. The van der Waals surface area contributed by atoms with Crippen molar-refractivity contribution in [2.75, 3.05) is 5.73 Å². The molecule has 5 nitrogen and oxygen atoms in total. The topological polar surface area (TPSA) is 88.2 Å². The Bertz CT molecular complexity index is 595. The van der Waals surface area contributed by atoms with E-state index in [2.05, 4.69) is 10.3 Å². The van der Waals surface area contributed by atoms with E-state index in [1.165, 1.54) is 29.5 Å². The number of aromatic hydroxyl groups is 1. The smallest absolute Gasteiger partial charge is 0.253 e. The van der Waals surface area contributed by atoms with Crippen LogP contribution in [0, 0.1) is 0 Å². The van der Waals surface area contributed by atoms with Crippen molar-refractivity contribution >= 4 is 22.9 Å². The molecule has 1 amide bonds. The van der Waals surface area contributed by atoms with Crippen LogP contribution in [0.15, 0.2) is 23.6 Å². The molecule has 0 spiro atoms. The second-order valence-corrected chi connectivity index (χ2v) is 4.98. The Balaban J connectivity index is 2.03. The molecule has 1 aromatic heterocycles. The summed E-state index contributed by atoms with van der Waals surface area (Å²) < 4.78 is 0. The number of benzene rings is 1. The molecular weight excluding hydrogens is 262 g/mol. The quantitative estimate of drug-likeness (QED) is 0.588. The van der Waals surface area contributed by atoms with E-state index >= 15 is 0 Å². The maximum Gasteiger partial charge on any atom is 0.253 e. The van der Waals surface area contributed by atoms with Gasteiger partial charge in [0.15, 0.2) is 0 Å². The van der Waals surface area contributed by atoms with Crippen molar-refractivity contribution < 1.29 is 9.90 Å². The number of carbonyl (C=O) groups excluding carboxylic acids is 1. The van der Waals surface area contributed by atoms with E-state index in [-0.39, 0.29) is 17.2 Å². The predicted molar refractivity (Wildman–Crippen MR) is 75.2 cm³/mol. The number of hydrogen-bond acceptors (Lipinski definition) is 5. The summed E-state index contributed by atoms with van der Waals surface area (Å²) in [6, 6.07) is 4.30. The van der Waals surface area contributed by atoms with E-state index < -0.39 is 0 Å². The van der Waals surface area contributed by atoms with Crippen LogP contribution >= 0.6 is 11.3 Å². The summed E-state index contributed by atoms with van der Waals surface area (Å²) in [6.07, 6.45) is 0.879. The SMILES string of the molecule is CCc1csc(CNC(=O)c2cc(O)ccc2N)n1. The summed E-state index contributed by atoms with van der Waals surface area (Å²) in [6.45, 7) is 2.39. The van der Waals surface area contributed by atoms with Crippen LogP contribution in [-0.2, 0) is 13.0 Å². The lowest BCUT2D eigenvalue weighted by molar-refractivity contribution is 0.0951. The van der Waals surface area contributed by atoms with Crippen LogP contribution < -0.4 is 11.1 Å². The van der Waals surface area contributed by atoms with Crippen molar-refractivity contribution in [2.24, 2.45) is 0 Å². The number of hydrogen-bond donors (Lipinski definition) is 3. The number of anilines is 1. The Morgan fingerprint density at radius 3 is 3.00 bits per heavy atom. The fourth-order valence-corrected chi connectivity index (χ4v) is 2.40. The molecule has 0 aliphatic rings. The lowest BCUT2D eigenvalue weighted by Crippen LogP contribution is -2.23. The second kappa shape index (κ2) is 5.71. The van der Waals surface area contributed by atoms with Gasteiger partial charge in [-0.1, -0.05) is 6.92 Å². The van der Waals surface area contributed by atoms with Crippen molar-refractivity contribution in [1.82, 2.24) is 10.3 Å². The van der Waals surface area contributed by atoms with Gasteiger partial charge in [0.05, 0.1) is 17.8 Å². The van der Waals surface area contributed by atoms with Gasteiger partial charge in [-0.25, -0.2) is 4.98 Å². The van der Waals surface area contributed by atoms with Crippen LogP contribution in [0.3, 0.4) is 0 Å². The van der Waals surface area contributed by atoms with Crippen LogP contribution in [0.4, 0.5) is 5.69 Å². The van der Waals surface area contributed by atoms with Gasteiger partial charge in [-0.2, -0.15) is 0 Å². The molecule has 1 aromatic carbocycles. The minimum absolute atomic E-state index is 0.0156. The summed E-state index contributed by atoms with van der Waals surface area (Å²) in [5.41, 5.74) is 7.33. The van der Waals surface area contributed by atoms with E-state index in [0.29, 0.717) is 12.2 Å². The van der Waals surface area contributed by atoms with Gasteiger partial charge in [-0.05, 0) is 24.6 Å². The van der Waals surface area contributed by atoms with Gasteiger partial charge < -0.3 is 16.2 Å². The molecule has 0 saturated carbocycles. The van der Waals surface area contributed by atoms with Crippen molar-refractivity contribution in [2.45, 2.75) is 19.9 Å². The highest BCUT2D eigenvalue weighted by atomic mass is 32.1. The molecule has 100 valence electrons. The molecule has 6 heteroatoms. The van der Waals surface area contributed by atoms with E-state index in [1.807, 2.05) is 12.3 Å². The number of nitrogen functional groups attached to an aromatic ring is 1. The van der Waals surface area contributed by atoms with Gasteiger partial charge in [0.25, 0.3) is 5.91 Å². The lowest BCUT2D eigenvalue weighted by atomic mass is 10.1. The number of rotatable bonds is 4. The number of aryl methyl sites for hydroxylation is 1. The van der Waals surface area contributed by atoms with E-state index in [0.717, 1.165) is 17.1 Å². The summed E-state index contributed by atoms with van der Waals surface area (Å²) in [5, 5.41) is 14.9. The van der Waals surface area contributed by atoms with Crippen molar-refractivity contribution in [3.8, 4) is 5.75 Å². The molecule has 0 radical (unpaired) electrons. The Labute approximate surface area is 115 Å². The van der Waals surface area contributed by atoms with Crippen LogP contribution in [0.25, 0.3) is 0 Å². The molecule has 19 heavy (non-hydrogen) atoms. The Kier molecular flexibility index (Phi) is 4.01. The standard InChI is InChI=1S/C13H15N3O2S/c1-2-8-7-19-12(16-8)6-15-13(18)10-5-9(17)3-4-11(10)14/h3-5,7,17H,2,6,14H2,1H3,(H,15,18). The largest absolute Gasteiger partial charge is 0.508 e.